The number of benzene rings is 2. The number of rotatable bonds is 8. The molecular formula is C24H25NO4. The van der Waals surface area contributed by atoms with Gasteiger partial charge in [-0.15, -0.1) is 0 Å². The highest BCUT2D eigenvalue weighted by Crippen LogP contribution is 2.25. The number of carbonyl (C=O) groups excluding carboxylic acids is 2. The molecule has 0 amide bonds. The van der Waals surface area contributed by atoms with Gasteiger partial charge < -0.3 is 14.8 Å². The van der Waals surface area contributed by atoms with Gasteiger partial charge in [-0.2, -0.15) is 0 Å². The molecule has 0 fully saturated rings. The average Bonchev–Trinajstić information content (AvgIpc) is 2.74. The lowest BCUT2D eigenvalue weighted by molar-refractivity contribution is -0.137. The summed E-state index contributed by atoms with van der Waals surface area (Å²) in [7, 11) is 0. The second-order valence-electron chi connectivity index (χ2n) is 6.71. The average molecular weight is 391 g/mol. The zero-order valence-electron chi connectivity index (χ0n) is 16.5. The number of esters is 1. The van der Waals surface area contributed by atoms with Gasteiger partial charge in [-0.05, 0) is 24.1 Å². The predicted octanol–water partition coefficient (Wildman–Crippen LogP) is 3.66. The molecule has 0 unspecified atom stereocenters. The number of hydrogen-bond acceptors (Lipinski definition) is 5. The van der Waals surface area contributed by atoms with Crippen LogP contribution in [0.25, 0.3) is 5.70 Å². The third-order valence-electron chi connectivity index (χ3n) is 4.52. The van der Waals surface area contributed by atoms with E-state index in [-0.39, 0.29) is 11.8 Å². The second-order valence-corrected chi connectivity index (χ2v) is 6.71. The fourth-order valence-corrected chi connectivity index (χ4v) is 3.16. The van der Waals surface area contributed by atoms with Gasteiger partial charge in [-0.1, -0.05) is 60.7 Å². The van der Waals surface area contributed by atoms with E-state index >= 15 is 0 Å². The molecule has 1 heterocycles. The second kappa shape index (κ2) is 10.4. The van der Waals surface area contributed by atoms with Gasteiger partial charge in [0.05, 0.1) is 31.6 Å². The van der Waals surface area contributed by atoms with E-state index in [4.69, 9.17) is 9.47 Å². The molecule has 1 N–H and O–H groups in total. The lowest BCUT2D eigenvalue weighted by Gasteiger charge is -2.28. The van der Waals surface area contributed by atoms with Crippen molar-refractivity contribution in [2.45, 2.75) is 26.0 Å². The number of carbonyl (C=O) groups is 2. The molecule has 0 bridgehead atoms. The first-order chi connectivity index (χ1) is 14.2. The van der Waals surface area contributed by atoms with Gasteiger partial charge in [0.2, 0.25) is 0 Å². The van der Waals surface area contributed by atoms with E-state index in [0.29, 0.717) is 37.5 Å². The Kier molecular flexibility index (Phi) is 7.36. The maximum atomic E-state index is 12.8. The van der Waals surface area contributed by atoms with Crippen molar-refractivity contribution < 1.29 is 19.1 Å². The minimum absolute atomic E-state index is 0.0311. The Morgan fingerprint density at radius 3 is 2.48 bits per heavy atom. The lowest BCUT2D eigenvalue weighted by Crippen LogP contribution is -2.39. The third-order valence-corrected chi connectivity index (χ3v) is 4.52. The van der Waals surface area contributed by atoms with E-state index in [1.165, 1.54) is 12.2 Å². The van der Waals surface area contributed by atoms with E-state index < -0.39 is 5.97 Å². The normalized spacial score (nSPS) is 16.7. The van der Waals surface area contributed by atoms with Gasteiger partial charge in [0.25, 0.3) is 0 Å². The van der Waals surface area contributed by atoms with Crippen molar-refractivity contribution in [3.63, 3.8) is 0 Å². The van der Waals surface area contributed by atoms with Crippen LogP contribution in [-0.2, 0) is 25.7 Å². The van der Waals surface area contributed by atoms with Gasteiger partial charge >= 0.3 is 5.97 Å². The number of allylic oxidation sites excluding steroid dienone is 2. The molecular weight excluding hydrogens is 366 g/mol. The molecule has 29 heavy (non-hydrogen) atoms. The number of ether oxygens (including phenoxy) is 2. The summed E-state index contributed by atoms with van der Waals surface area (Å²) in [5, 5.41) is 3.42. The summed E-state index contributed by atoms with van der Waals surface area (Å²) >= 11 is 0. The van der Waals surface area contributed by atoms with Gasteiger partial charge in [0.15, 0.2) is 5.78 Å². The van der Waals surface area contributed by atoms with E-state index in [9.17, 15) is 9.59 Å². The lowest BCUT2D eigenvalue weighted by atomic mass is 9.93. The van der Waals surface area contributed by atoms with E-state index in [1.807, 2.05) is 60.7 Å². The first-order valence-electron chi connectivity index (χ1n) is 9.73. The maximum Gasteiger partial charge on any atom is 0.330 e. The minimum atomic E-state index is -0.464. The molecule has 3 rings (SSSR count). The highest BCUT2D eigenvalue weighted by molar-refractivity contribution is 6.07. The molecule has 1 aliphatic rings. The highest BCUT2D eigenvalue weighted by atomic mass is 16.5. The summed E-state index contributed by atoms with van der Waals surface area (Å²) in [6.07, 6.45) is 3.14. The molecule has 2 aromatic carbocycles. The molecule has 1 atom stereocenters. The third kappa shape index (κ3) is 5.90. The molecule has 0 saturated heterocycles. The fraction of sp³-hybridized carbons (Fsp3) is 0.250. The number of Topliss-reactive ketones (excluding diaryl/α,β-unsaturated/α-hetero) is 1. The van der Waals surface area contributed by atoms with Crippen LogP contribution in [0.2, 0.25) is 0 Å². The number of nitrogens with one attached hydrogen (secondary N) is 1. The zero-order chi connectivity index (χ0) is 20.5. The predicted molar refractivity (Wildman–Crippen MR) is 112 cm³/mol. The topological polar surface area (TPSA) is 64.6 Å². The number of ketones is 1. The van der Waals surface area contributed by atoms with Crippen LogP contribution in [-0.4, -0.2) is 31.0 Å². The Labute approximate surface area is 171 Å². The molecule has 0 aromatic heterocycles. The van der Waals surface area contributed by atoms with Crippen LogP contribution in [0.1, 0.15) is 24.5 Å². The van der Waals surface area contributed by atoms with Crippen molar-refractivity contribution >= 4 is 17.4 Å². The molecule has 0 aliphatic carbocycles. The van der Waals surface area contributed by atoms with Crippen molar-refractivity contribution in [3.8, 4) is 0 Å². The van der Waals surface area contributed by atoms with Crippen LogP contribution in [0.3, 0.4) is 0 Å². The standard InChI is InChI=1S/C24H25NO4/c1-2-29-23(27)14-13-21-22(26)15-20(17-28-16-18-9-5-3-6-10-18)25-24(21)19-11-7-4-8-12-19/h3-14,20,25H,2,15-17H2,1H3/b14-13+/t20-/m1/s1. The molecule has 1 aliphatic heterocycles. The fourth-order valence-electron chi connectivity index (χ4n) is 3.16. The SMILES string of the molecule is CCOC(=O)/C=C/C1=C(c2ccccc2)N[C@@H](COCc2ccccc2)CC1=O. The molecule has 2 aromatic rings. The summed E-state index contributed by atoms with van der Waals surface area (Å²) in [6.45, 7) is 2.94. The van der Waals surface area contributed by atoms with E-state index in [0.717, 1.165) is 11.1 Å². The van der Waals surface area contributed by atoms with Gasteiger partial charge in [0.1, 0.15) is 0 Å². The van der Waals surface area contributed by atoms with Crippen molar-refractivity contribution in [2.75, 3.05) is 13.2 Å². The summed E-state index contributed by atoms with van der Waals surface area (Å²) in [6, 6.07) is 19.4. The monoisotopic (exact) mass is 391 g/mol. The maximum absolute atomic E-state index is 12.8. The molecule has 0 spiro atoms. The quantitative estimate of drug-likeness (QED) is 0.550. The van der Waals surface area contributed by atoms with Gasteiger partial charge in [-0.3, -0.25) is 4.79 Å². The van der Waals surface area contributed by atoms with Crippen LogP contribution in [0.4, 0.5) is 0 Å². The zero-order valence-corrected chi connectivity index (χ0v) is 16.5. The van der Waals surface area contributed by atoms with E-state index in [2.05, 4.69) is 5.32 Å². The first-order valence-corrected chi connectivity index (χ1v) is 9.73. The van der Waals surface area contributed by atoms with Crippen LogP contribution < -0.4 is 5.32 Å². The summed E-state index contributed by atoms with van der Waals surface area (Å²) in [5.41, 5.74) is 3.16. The highest BCUT2D eigenvalue weighted by Gasteiger charge is 2.26. The summed E-state index contributed by atoms with van der Waals surface area (Å²) in [5.74, 6) is -0.495. The Morgan fingerprint density at radius 1 is 1.10 bits per heavy atom. The van der Waals surface area contributed by atoms with Crippen molar-refractivity contribution in [2.24, 2.45) is 0 Å². The largest absolute Gasteiger partial charge is 0.463 e. The van der Waals surface area contributed by atoms with Crippen LogP contribution in [0, 0.1) is 0 Å². The summed E-state index contributed by atoms with van der Waals surface area (Å²) in [4.78, 5) is 24.5. The molecule has 0 saturated carbocycles. The summed E-state index contributed by atoms with van der Waals surface area (Å²) < 4.78 is 10.8. The first kappa shape index (κ1) is 20.6. The van der Waals surface area contributed by atoms with Crippen LogP contribution >= 0.6 is 0 Å². The minimum Gasteiger partial charge on any atom is -0.463 e. The van der Waals surface area contributed by atoms with Gasteiger partial charge in [0, 0.05) is 18.1 Å². The van der Waals surface area contributed by atoms with Crippen molar-refractivity contribution in [3.05, 3.63) is 89.5 Å². The van der Waals surface area contributed by atoms with Crippen LogP contribution in [0.15, 0.2) is 78.4 Å². The van der Waals surface area contributed by atoms with Gasteiger partial charge in [-0.25, -0.2) is 4.79 Å². The van der Waals surface area contributed by atoms with Crippen molar-refractivity contribution in [1.29, 1.82) is 0 Å². The Morgan fingerprint density at radius 2 is 1.79 bits per heavy atom. The Balaban J connectivity index is 1.75. The van der Waals surface area contributed by atoms with Crippen LogP contribution in [0.5, 0.6) is 0 Å². The molecule has 0 radical (unpaired) electrons. The van der Waals surface area contributed by atoms with Crippen molar-refractivity contribution in [1.82, 2.24) is 5.32 Å². The Hall–Kier alpha value is -3.18. The molecule has 150 valence electrons. The Bertz CT molecular complexity index is 888. The molecule has 5 heteroatoms. The molecule has 5 nitrogen and oxygen atoms in total. The van der Waals surface area contributed by atoms with E-state index in [1.54, 1.807) is 6.92 Å². The smallest absolute Gasteiger partial charge is 0.330 e. The number of hydrogen-bond donors (Lipinski definition) is 1.